The van der Waals surface area contributed by atoms with E-state index in [0.717, 1.165) is 30.6 Å². The van der Waals surface area contributed by atoms with Crippen LogP contribution in [0.5, 0.6) is 5.75 Å². The summed E-state index contributed by atoms with van der Waals surface area (Å²) in [6.45, 7) is 6.00. The molecule has 1 spiro atoms. The summed E-state index contributed by atoms with van der Waals surface area (Å²) in [6, 6.07) is 5.88. The summed E-state index contributed by atoms with van der Waals surface area (Å²) in [5.74, 6) is 1.17. The number of methoxy groups -OCH3 is 1. The number of hydrogen-bond acceptors (Lipinski definition) is 3. The van der Waals surface area contributed by atoms with Gasteiger partial charge in [-0.05, 0) is 42.5 Å². The van der Waals surface area contributed by atoms with Gasteiger partial charge in [0.2, 0.25) is 0 Å². The number of aliphatic hydroxyl groups is 1. The topological polar surface area (TPSA) is 46.5 Å². The third-order valence-electron chi connectivity index (χ3n) is 4.57. The molecule has 1 saturated carbocycles. The summed E-state index contributed by atoms with van der Waals surface area (Å²) in [6.07, 6.45) is 3.29. The number of aliphatic hydroxyl groups excluding tert-OH is 1. The summed E-state index contributed by atoms with van der Waals surface area (Å²) in [7, 11) is 1.65. The smallest absolute Gasteiger partial charge is 0.132 e. The van der Waals surface area contributed by atoms with E-state index < -0.39 is 6.10 Å². The minimum Gasteiger partial charge on any atom is -0.497 e. The summed E-state index contributed by atoms with van der Waals surface area (Å²) in [5.41, 5.74) is 2.09. The van der Waals surface area contributed by atoms with E-state index in [1.54, 1.807) is 7.11 Å². The molecular weight excluding hydrogens is 252 g/mol. The van der Waals surface area contributed by atoms with Crippen LogP contribution in [0, 0.1) is 5.41 Å². The van der Waals surface area contributed by atoms with Crippen molar-refractivity contribution in [1.29, 1.82) is 0 Å². The number of carbonyl (C=O) groups excluding carboxylic acids is 1. The summed E-state index contributed by atoms with van der Waals surface area (Å²) >= 11 is 0. The first-order valence-corrected chi connectivity index (χ1v) is 7.01. The van der Waals surface area contributed by atoms with Gasteiger partial charge in [-0.25, -0.2) is 0 Å². The average molecular weight is 274 g/mol. The predicted molar refractivity (Wildman–Crippen MR) is 78.8 cm³/mol. The Bertz CT molecular complexity index is 497. The van der Waals surface area contributed by atoms with Gasteiger partial charge in [-0.15, -0.1) is 13.2 Å². The van der Waals surface area contributed by atoms with E-state index in [9.17, 15) is 9.90 Å². The van der Waals surface area contributed by atoms with Gasteiger partial charge in [-0.2, -0.15) is 0 Å². The lowest BCUT2D eigenvalue weighted by Crippen LogP contribution is -2.31. The second-order valence-electron chi connectivity index (χ2n) is 5.55. The van der Waals surface area contributed by atoms with Gasteiger partial charge in [0.15, 0.2) is 0 Å². The zero-order valence-electron chi connectivity index (χ0n) is 12.0. The zero-order valence-corrected chi connectivity index (χ0v) is 12.0. The molecule has 1 aromatic carbocycles. The molecule has 1 atom stereocenters. The number of ketones is 1. The SMILES string of the molecule is C=C.COc1ccc2c(c1)CC1(CCC(=O)CC1)C2O. The number of ether oxygens (including phenoxy) is 1. The fourth-order valence-corrected chi connectivity index (χ4v) is 3.41. The lowest BCUT2D eigenvalue weighted by molar-refractivity contribution is -0.124. The van der Waals surface area contributed by atoms with E-state index in [0.29, 0.717) is 18.6 Å². The number of hydrogen-bond donors (Lipinski definition) is 1. The van der Waals surface area contributed by atoms with Gasteiger partial charge in [0.05, 0.1) is 13.2 Å². The Kier molecular flexibility index (Phi) is 4.29. The van der Waals surface area contributed by atoms with E-state index in [4.69, 9.17) is 4.74 Å². The van der Waals surface area contributed by atoms with Crippen molar-refractivity contribution in [2.24, 2.45) is 5.41 Å². The van der Waals surface area contributed by atoms with Crippen molar-refractivity contribution < 1.29 is 14.6 Å². The quantitative estimate of drug-likeness (QED) is 0.800. The van der Waals surface area contributed by atoms with Crippen molar-refractivity contribution in [3.63, 3.8) is 0 Å². The predicted octanol–water partition coefficient (Wildman–Crippen LogP) is 3.22. The van der Waals surface area contributed by atoms with Crippen molar-refractivity contribution in [2.45, 2.75) is 38.2 Å². The number of rotatable bonds is 1. The van der Waals surface area contributed by atoms with Crippen LogP contribution in [0.15, 0.2) is 31.4 Å². The fourth-order valence-electron chi connectivity index (χ4n) is 3.41. The number of benzene rings is 1. The molecule has 3 rings (SSSR count). The number of carbonyl (C=O) groups is 1. The number of fused-ring (bicyclic) bond motifs is 1. The van der Waals surface area contributed by atoms with Gasteiger partial charge in [0.25, 0.3) is 0 Å². The first kappa shape index (κ1) is 14.8. The Morgan fingerprint density at radius 1 is 1.30 bits per heavy atom. The maximum Gasteiger partial charge on any atom is 0.132 e. The molecule has 0 bridgehead atoms. The monoisotopic (exact) mass is 274 g/mol. The summed E-state index contributed by atoms with van der Waals surface area (Å²) < 4.78 is 5.23. The molecule has 1 N–H and O–H groups in total. The molecule has 20 heavy (non-hydrogen) atoms. The molecule has 0 aromatic heterocycles. The molecule has 3 nitrogen and oxygen atoms in total. The molecule has 0 radical (unpaired) electrons. The second kappa shape index (κ2) is 5.80. The Balaban J connectivity index is 0.000000704. The third-order valence-corrected chi connectivity index (χ3v) is 4.57. The first-order chi connectivity index (χ1) is 9.64. The van der Waals surface area contributed by atoms with E-state index >= 15 is 0 Å². The standard InChI is InChI=1S/C15H18O3.C2H4/c1-18-12-2-3-13-10(8-12)9-15(14(13)17)6-4-11(16)5-7-15;1-2/h2-3,8,14,17H,4-7,9H2,1H3;1-2H2. The lowest BCUT2D eigenvalue weighted by atomic mass is 9.70. The maximum atomic E-state index is 11.4. The summed E-state index contributed by atoms with van der Waals surface area (Å²) in [4.78, 5) is 11.4. The molecule has 1 aromatic rings. The first-order valence-electron chi connectivity index (χ1n) is 7.01. The highest BCUT2D eigenvalue weighted by Crippen LogP contribution is 2.53. The molecule has 0 amide bonds. The normalized spacial score (nSPS) is 22.9. The van der Waals surface area contributed by atoms with Crippen LogP contribution in [0.4, 0.5) is 0 Å². The fraction of sp³-hybridized carbons (Fsp3) is 0.471. The molecule has 2 aliphatic rings. The Morgan fingerprint density at radius 2 is 1.95 bits per heavy atom. The highest BCUT2D eigenvalue weighted by molar-refractivity contribution is 5.79. The Morgan fingerprint density at radius 3 is 2.55 bits per heavy atom. The van der Waals surface area contributed by atoms with Gasteiger partial charge < -0.3 is 9.84 Å². The molecule has 3 heteroatoms. The zero-order chi connectivity index (χ0) is 14.8. The van der Waals surface area contributed by atoms with Gasteiger partial charge >= 0.3 is 0 Å². The summed E-state index contributed by atoms with van der Waals surface area (Å²) in [5, 5.41) is 10.6. The average Bonchev–Trinajstić information content (AvgIpc) is 2.77. The van der Waals surface area contributed by atoms with Crippen LogP contribution in [0.1, 0.15) is 42.9 Å². The van der Waals surface area contributed by atoms with Gasteiger partial charge in [-0.1, -0.05) is 6.07 Å². The molecule has 0 saturated heterocycles. The highest BCUT2D eigenvalue weighted by Gasteiger charge is 2.46. The molecule has 1 fully saturated rings. The maximum absolute atomic E-state index is 11.4. The largest absolute Gasteiger partial charge is 0.497 e. The van der Waals surface area contributed by atoms with Crippen LogP contribution in [0.25, 0.3) is 0 Å². The Labute approximate surface area is 120 Å². The third kappa shape index (κ3) is 2.38. The molecule has 0 heterocycles. The highest BCUT2D eigenvalue weighted by atomic mass is 16.5. The molecule has 0 aliphatic heterocycles. The van der Waals surface area contributed by atoms with Crippen LogP contribution in [-0.4, -0.2) is 18.0 Å². The second-order valence-corrected chi connectivity index (χ2v) is 5.55. The van der Waals surface area contributed by atoms with Crippen LogP contribution in [0.2, 0.25) is 0 Å². The van der Waals surface area contributed by atoms with E-state index in [1.165, 1.54) is 5.56 Å². The molecule has 1 unspecified atom stereocenters. The van der Waals surface area contributed by atoms with Gasteiger partial charge in [0.1, 0.15) is 11.5 Å². The van der Waals surface area contributed by atoms with E-state index in [2.05, 4.69) is 13.2 Å². The van der Waals surface area contributed by atoms with Gasteiger partial charge in [0, 0.05) is 18.3 Å². The van der Waals surface area contributed by atoms with Gasteiger partial charge in [-0.3, -0.25) is 4.79 Å². The van der Waals surface area contributed by atoms with Crippen LogP contribution in [-0.2, 0) is 11.2 Å². The van der Waals surface area contributed by atoms with Crippen LogP contribution < -0.4 is 4.74 Å². The van der Waals surface area contributed by atoms with E-state index in [1.807, 2.05) is 18.2 Å². The van der Waals surface area contributed by atoms with E-state index in [-0.39, 0.29) is 5.41 Å². The number of Topliss-reactive ketones (excluding diaryl/α,β-unsaturated/α-hetero) is 1. The molecule has 108 valence electrons. The van der Waals surface area contributed by atoms with Crippen LogP contribution in [0.3, 0.4) is 0 Å². The lowest BCUT2D eigenvalue weighted by Gasteiger charge is -2.36. The van der Waals surface area contributed by atoms with Crippen LogP contribution >= 0.6 is 0 Å². The van der Waals surface area contributed by atoms with Crippen molar-refractivity contribution in [3.05, 3.63) is 42.5 Å². The Hall–Kier alpha value is -1.61. The van der Waals surface area contributed by atoms with Crippen molar-refractivity contribution in [2.75, 3.05) is 7.11 Å². The van der Waals surface area contributed by atoms with Crippen molar-refractivity contribution >= 4 is 5.78 Å². The minimum absolute atomic E-state index is 0.109. The minimum atomic E-state index is -0.425. The molecular formula is C17H22O3. The molecule has 2 aliphatic carbocycles. The van der Waals surface area contributed by atoms with Crippen molar-refractivity contribution in [3.8, 4) is 5.75 Å². The van der Waals surface area contributed by atoms with Crippen molar-refractivity contribution in [1.82, 2.24) is 0 Å².